The predicted molar refractivity (Wildman–Crippen MR) is 60.9 cm³/mol. The molecule has 2 aliphatic rings. The highest BCUT2D eigenvalue weighted by atomic mass is 16.3. The van der Waals surface area contributed by atoms with Crippen LogP contribution >= 0.6 is 0 Å². The van der Waals surface area contributed by atoms with E-state index in [0.29, 0.717) is 0 Å². The maximum Gasteiger partial charge on any atom is 0.106 e. The molecule has 4 heteroatoms. The van der Waals surface area contributed by atoms with Crippen molar-refractivity contribution >= 4 is 0 Å². The molecule has 0 aromatic rings. The summed E-state index contributed by atoms with van der Waals surface area (Å²) >= 11 is 0. The Bertz CT molecular complexity index is 224. The van der Waals surface area contributed by atoms with Gasteiger partial charge in [-0.2, -0.15) is 0 Å². The number of nitrogens with one attached hydrogen (secondary N) is 2. The summed E-state index contributed by atoms with van der Waals surface area (Å²) in [5, 5.41) is 17.1. The second kappa shape index (κ2) is 3.70. The third kappa shape index (κ3) is 2.18. The smallest absolute Gasteiger partial charge is 0.106 e. The number of hydrogen-bond donors (Lipinski definition) is 3. The summed E-state index contributed by atoms with van der Waals surface area (Å²) in [6.07, 6.45) is 0. The van der Waals surface area contributed by atoms with Crippen molar-refractivity contribution in [1.29, 1.82) is 0 Å². The average Bonchev–Trinajstić information content (AvgIpc) is 2.13. The molecule has 2 saturated heterocycles. The molecule has 0 radical (unpaired) electrons. The van der Waals surface area contributed by atoms with E-state index in [9.17, 15) is 5.11 Å². The van der Waals surface area contributed by atoms with Crippen LogP contribution in [0.1, 0.15) is 20.8 Å². The molecule has 1 atom stereocenters. The van der Waals surface area contributed by atoms with Crippen LogP contribution < -0.4 is 10.6 Å². The van der Waals surface area contributed by atoms with E-state index in [4.69, 9.17) is 0 Å². The topological polar surface area (TPSA) is 47.5 Å². The standard InChI is InChI=1S/C11H23N3O/c1-10(2,3)14-7-11(15,8-14)9-6-12-4-5-13-9/h9,12-13,15H,4-8H2,1-3H3. The average molecular weight is 213 g/mol. The van der Waals surface area contributed by atoms with Gasteiger partial charge >= 0.3 is 0 Å². The van der Waals surface area contributed by atoms with E-state index in [1.165, 1.54) is 0 Å². The van der Waals surface area contributed by atoms with E-state index < -0.39 is 5.60 Å². The summed E-state index contributed by atoms with van der Waals surface area (Å²) in [5.74, 6) is 0. The summed E-state index contributed by atoms with van der Waals surface area (Å²) < 4.78 is 0. The molecule has 15 heavy (non-hydrogen) atoms. The molecule has 1 unspecified atom stereocenters. The molecule has 88 valence electrons. The second-order valence-electron chi connectivity index (χ2n) is 5.84. The zero-order valence-corrected chi connectivity index (χ0v) is 10.0. The van der Waals surface area contributed by atoms with Crippen LogP contribution in [0.3, 0.4) is 0 Å². The molecule has 0 aromatic carbocycles. The molecular weight excluding hydrogens is 190 g/mol. The van der Waals surface area contributed by atoms with Gasteiger partial charge in [-0.25, -0.2) is 0 Å². The van der Waals surface area contributed by atoms with E-state index in [1.54, 1.807) is 0 Å². The Morgan fingerprint density at radius 1 is 1.27 bits per heavy atom. The van der Waals surface area contributed by atoms with Gasteiger partial charge in [-0.3, -0.25) is 4.90 Å². The van der Waals surface area contributed by atoms with Gasteiger partial charge in [0.1, 0.15) is 5.60 Å². The Morgan fingerprint density at radius 3 is 2.40 bits per heavy atom. The van der Waals surface area contributed by atoms with E-state index in [-0.39, 0.29) is 11.6 Å². The van der Waals surface area contributed by atoms with E-state index in [0.717, 1.165) is 32.7 Å². The lowest BCUT2D eigenvalue weighted by molar-refractivity contribution is -0.151. The van der Waals surface area contributed by atoms with Gasteiger partial charge in [0.2, 0.25) is 0 Å². The number of β-amino-alcohol motifs (C(OH)–C–C–N with tert-alkyl or cyclic N) is 1. The Labute approximate surface area is 92.0 Å². The highest BCUT2D eigenvalue weighted by molar-refractivity contribution is 5.08. The van der Waals surface area contributed by atoms with E-state index in [2.05, 4.69) is 36.3 Å². The summed E-state index contributed by atoms with van der Waals surface area (Å²) in [5.41, 5.74) is -0.352. The zero-order valence-electron chi connectivity index (χ0n) is 10.0. The second-order valence-corrected chi connectivity index (χ2v) is 5.84. The maximum absolute atomic E-state index is 10.4. The molecule has 0 aliphatic carbocycles. The minimum atomic E-state index is -0.527. The van der Waals surface area contributed by atoms with Crippen LogP contribution in [0, 0.1) is 0 Å². The lowest BCUT2D eigenvalue weighted by atomic mass is 9.82. The van der Waals surface area contributed by atoms with Gasteiger partial charge in [0.15, 0.2) is 0 Å². The van der Waals surface area contributed by atoms with Crippen molar-refractivity contribution in [3.05, 3.63) is 0 Å². The molecular formula is C11H23N3O. The molecule has 0 bridgehead atoms. The molecule has 4 nitrogen and oxygen atoms in total. The Morgan fingerprint density at radius 2 is 1.93 bits per heavy atom. The van der Waals surface area contributed by atoms with Gasteiger partial charge in [-0.1, -0.05) is 0 Å². The van der Waals surface area contributed by atoms with Crippen molar-refractivity contribution in [2.45, 2.75) is 38.0 Å². The first-order valence-electron chi connectivity index (χ1n) is 5.83. The molecule has 2 rings (SSSR count). The van der Waals surface area contributed by atoms with Crippen LogP contribution in [0.5, 0.6) is 0 Å². The number of likely N-dealkylation sites (tertiary alicyclic amines) is 1. The lowest BCUT2D eigenvalue weighted by Gasteiger charge is -2.56. The molecule has 0 aromatic heterocycles. The molecule has 2 heterocycles. The van der Waals surface area contributed by atoms with Gasteiger partial charge in [0, 0.05) is 38.3 Å². The van der Waals surface area contributed by atoms with Gasteiger partial charge in [0.05, 0.1) is 6.04 Å². The molecule has 2 aliphatic heterocycles. The van der Waals surface area contributed by atoms with Crippen LogP contribution in [-0.2, 0) is 0 Å². The van der Waals surface area contributed by atoms with Crippen molar-refractivity contribution in [3.8, 4) is 0 Å². The van der Waals surface area contributed by atoms with Crippen molar-refractivity contribution in [1.82, 2.24) is 15.5 Å². The first-order valence-corrected chi connectivity index (χ1v) is 5.83. The first-order chi connectivity index (χ1) is 6.92. The Hall–Kier alpha value is -0.160. The normalized spacial score (nSPS) is 32.4. The highest BCUT2D eigenvalue weighted by Gasteiger charge is 2.50. The maximum atomic E-state index is 10.4. The third-order valence-electron chi connectivity index (χ3n) is 3.57. The molecule has 0 amide bonds. The van der Waals surface area contributed by atoms with Crippen LogP contribution in [0.25, 0.3) is 0 Å². The van der Waals surface area contributed by atoms with Gasteiger partial charge in [0.25, 0.3) is 0 Å². The minimum absolute atomic E-state index is 0.175. The fourth-order valence-corrected chi connectivity index (χ4v) is 2.34. The monoisotopic (exact) mass is 213 g/mol. The summed E-state index contributed by atoms with van der Waals surface area (Å²) in [6, 6.07) is 0.213. The first kappa shape index (κ1) is 11.3. The molecule has 2 fully saturated rings. The van der Waals surface area contributed by atoms with Crippen molar-refractivity contribution in [2.24, 2.45) is 0 Å². The summed E-state index contributed by atoms with van der Waals surface area (Å²) in [4.78, 5) is 2.32. The lowest BCUT2D eigenvalue weighted by Crippen LogP contribution is -2.76. The van der Waals surface area contributed by atoms with E-state index in [1.807, 2.05) is 0 Å². The fourth-order valence-electron chi connectivity index (χ4n) is 2.34. The molecule has 0 spiro atoms. The van der Waals surface area contributed by atoms with Gasteiger partial charge in [-0.05, 0) is 20.8 Å². The van der Waals surface area contributed by atoms with Crippen LogP contribution in [-0.4, -0.2) is 59.9 Å². The molecule has 0 saturated carbocycles. The van der Waals surface area contributed by atoms with Gasteiger partial charge < -0.3 is 15.7 Å². The zero-order chi connectivity index (χ0) is 11.1. The quantitative estimate of drug-likeness (QED) is 0.544. The number of nitrogens with zero attached hydrogens (tertiary/aromatic N) is 1. The Kier molecular flexibility index (Phi) is 2.79. The molecule has 3 N–H and O–H groups in total. The third-order valence-corrected chi connectivity index (χ3v) is 3.57. The van der Waals surface area contributed by atoms with Crippen LogP contribution in [0.2, 0.25) is 0 Å². The summed E-state index contributed by atoms with van der Waals surface area (Å²) in [7, 11) is 0. The highest BCUT2D eigenvalue weighted by Crippen LogP contribution is 2.31. The SMILES string of the molecule is CC(C)(C)N1CC(O)(C2CNCCN2)C1. The number of rotatable bonds is 1. The Balaban J connectivity index is 1.89. The minimum Gasteiger partial charge on any atom is -0.386 e. The largest absolute Gasteiger partial charge is 0.386 e. The van der Waals surface area contributed by atoms with E-state index >= 15 is 0 Å². The van der Waals surface area contributed by atoms with Crippen molar-refractivity contribution in [2.75, 3.05) is 32.7 Å². The van der Waals surface area contributed by atoms with Crippen molar-refractivity contribution < 1.29 is 5.11 Å². The van der Waals surface area contributed by atoms with Crippen molar-refractivity contribution in [3.63, 3.8) is 0 Å². The fraction of sp³-hybridized carbons (Fsp3) is 1.00. The van der Waals surface area contributed by atoms with Crippen LogP contribution in [0.4, 0.5) is 0 Å². The summed E-state index contributed by atoms with van der Waals surface area (Å²) in [6.45, 7) is 11.0. The van der Waals surface area contributed by atoms with Gasteiger partial charge in [-0.15, -0.1) is 0 Å². The number of hydrogen-bond acceptors (Lipinski definition) is 4. The predicted octanol–water partition coefficient (Wildman–Crippen LogP) is -0.607. The number of piperazine rings is 1. The van der Waals surface area contributed by atoms with Crippen LogP contribution in [0.15, 0.2) is 0 Å². The number of aliphatic hydroxyl groups is 1.